The molecule has 0 aliphatic carbocycles. The van der Waals surface area contributed by atoms with Gasteiger partial charge < -0.3 is 10.6 Å². The van der Waals surface area contributed by atoms with Crippen LogP contribution in [0.25, 0.3) is 0 Å². The van der Waals surface area contributed by atoms with E-state index in [1.807, 2.05) is 18.2 Å². The number of amides is 2. The summed E-state index contributed by atoms with van der Waals surface area (Å²) in [5.74, 6) is -0.0136. The van der Waals surface area contributed by atoms with Crippen molar-refractivity contribution in [1.82, 2.24) is 15.5 Å². The van der Waals surface area contributed by atoms with Crippen molar-refractivity contribution in [3.8, 4) is 0 Å². The fraction of sp³-hybridized carbons (Fsp3) is 0.286. The molecule has 1 aromatic carbocycles. The van der Waals surface area contributed by atoms with E-state index in [1.54, 1.807) is 13.0 Å². The van der Waals surface area contributed by atoms with Gasteiger partial charge in [0.2, 0.25) is 16.9 Å². The van der Waals surface area contributed by atoms with Gasteiger partial charge in [0.25, 0.3) is 0 Å². The van der Waals surface area contributed by atoms with Gasteiger partial charge in [-0.05, 0) is 11.6 Å². The average molecular weight is 371 g/mol. The lowest BCUT2D eigenvalue weighted by Crippen LogP contribution is -2.24. The largest absolute Gasteiger partial charge is 0.351 e. The van der Waals surface area contributed by atoms with Crippen LogP contribution in [0.3, 0.4) is 0 Å². The van der Waals surface area contributed by atoms with Gasteiger partial charge in [0.1, 0.15) is 0 Å². The summed E-state index contributed by atoms with van der Waals surface area (Å²) in [5, 5.41) is 14.3. The molecule has 122 valence electrons. The van der Waals surface area contributed by atoms with E-state index in [-0.39, 0.29) is 17.6 Å². The first-order valence-electron chi connectivity index (χ1n) is 6.84. The molecule has 0 radical (unpaired) electrons. The zero-order valence-corrected chi connectivity index (χ0v) is 14.7. The number of halogens is 1. The quantitative estimate of drug-likeness (QED) is 0.578. The van der Waals surface area contributed by atoms with Crippen LogP contribution in [0.1, 0.15) is 18.9 Å². The molecule has 0 bridgehead atoms. The second-order valence-corrected chi connectivity index (χ2v) is 7.04. The van der Waals surface area contributed by atoms with E-state index in [4.69, 9.17) is 11.6 Å². The van der Waals surface area contributed by atoms with E-state index >= 15 is 0 Å². The SMILES string of the molecule is CCC(=O)Nc1nnc(SCC(=O)NCc2ccccc2Cl)s1. The highest BCUT2D eigenvalue weighted by Gasteiger charge is 2.10. The summed E-state index contributed by atoms with van der Waals surface area (Å²) in [6.07, 6.45) is 0.381. The van der Waals surface area contributed by atoms with Gasteiger partial charge in [-0.25, -0.2) is 0 Å². The molecule has 0 spiro atoms. The predicted octanol–water partition coefficient (Wildman–Crippen LogP) is 2.95. The van der Waals surface area contributed by atoms with E-state index in [0.717, 1.165) is 5.56 Å². The highest BCUT2D eigenvalue weighted by atomic mass is 35.5. The Morgan fingerprint density at radius 3 is 2.78 bits per heavy atom. The monoisotopic (exact) mass is 370 g/mol. The number of nitrogens with one attached hydrogen (secondary N) is 2. The molecule has 6 nitrogen and oxygen atoms in total. The maximum atomic E-state index is 11.8. The average Bonchev–Trinajstić information content (AvgIpc) is 2.99. The lowest BCUT2D eigenvalue weighted by molar-refractivity contribution is -0.118. The summed E-state index contributed by atoms with van der Waals surface area (Å²) >= 11 is 8.54. The predicted molar refractivity (Wildman–Crippen MR) is 92.9 cm³/mol. The van der Waals surface area contributed by atoms with E-state index in [2.05, 4.69) is 20.8 Å². The van der Waals surface area contributed by atoms with E-state index in [0.29, 0.717) is 27.5 Å². The van der Waals surface area contributed by atoms with Gasteiger partial charge in [-0.1, -0.05) is 59.8 Å². The van der Waals surface area contributed by atoms with Gasteiger partial charge in [-0.15, -0.1) is 10.2 Å². The Kier molecular flexibility index (Phi) is 6.82. The van der Waals surface area contributed by atoms with Gasteiger partial charge in [0, 0.05) is 18.0 Å². The van der Waals surface area contributed by atoms with Crippen LogP contribution in [-0.4, -0.2) is 27.8 Å². The van der Waals surface area contributed by atoms with E-state index in [1.165, 1.54) is 23.1 Å². The lowest BCUT2D eigenvalue weighted by Gasteiger charge is -2.05. The molecule has 0 atom stereocenters. The number of anilines is 1. The van der Waals surface area contributed by atoms with Crippen LogP contribution in [0.15, 0.2) is 28.6 Å². The Morgan fingerprint density at radius 1 is 1.26 bits per heavy atom. The summed E-state index contributed by atoms with van der Waals surface area (Å²) in [4.78, 5) is 23.1. The van der Waals surface area contributed by atoms with Crippen LogP contribution in [0, 0.1) is 0 Å². The molecule has 0 fully saturated rings. The van der Waals surface area contributed by atoms with E-state index in [9.17, 15) is 9.59 Å². The number of carbonyl (C=O) groups is 2. The number of thioether (sulfide) groups is 1. The van der Waals surface area contributed by atoms with Crippen molar-refractivity contribution < 1.29 is 9.59 Å². The Hall–Kier alpha value is -1.64. The minimum atomic E-state index is -0.121. The van der Waals surface area contributed by atoms with E-state index < -0.39 is 0 Å². The first kappa shape index (κ1) is 17.7. The van der Waals surface area contributed by atoms with Crippen LogP contribution < -0.4 is 10.6 Å². The van der Waals surface area contributed by atoms with Gasteiger partial charge in [-0.2, -0.15) is 0 Å². The molecule has 23 heavy (non-hydrogen) atoms. The van der Waals surface area contributed by atoms with Crippen LogP contribution in [0.4, 0.5) is 5.13 Å². The number of hydrogen-bond acceptors (Lipinski definition) is 6. The lowest BCUT2D eigenvalue weighted by atomic mass is 10.2. The minimum Gasteiger partial charge on any atom is -0.351 e. The molecular formula is C14H15ClN4O2S2. The maximum absolute atomic E-state index is 11.8. The van der Waals surface area contributed by atoms with Gasteiger partial charge in [0.15, 0.2) is 4.34 Å². The summed E-state index contributed by atoms with van der Waals surface area (Å²) in [7, 11) is 0. The van der Waals surface area contributed by atoms with Crippen molar-refractivity contribution in [2.75, 3.05) is 11.1 Å². The molecule has 0 unspecified atom stereocenters. The Morgan fingerprint density at radius 2 is 2.04 bits per heavy atom. The van der Waals surface area contributed by atoms with Crippen molar-refractivity contribution in [3.05, 3.63) is 34.9 Å². The number of nitrogens with zero attached hydrogens (tertiary/aromatic N) is 2. The first-order chi connectivity index (χ1) is 11.1. The third-order valence-corrected chi connectivity index (χ3v) is 5.08. The molecule has 2 N–H and O–H groups in total. The molecule has 2 rings (SSSR count). The normalized spacial score (nSPS) is 10.3. The molecule has 9 heteroatoms. The van der Waals surface area contributed by atoms with Crippen molar-refractivity contribution in [2.45, 2.75) is 24.2 Å². The summed E-state index contributed by atoms with van der Waals surface area (Å²) < 4.78 is 0.629. The summed E-state index contributed by atoms with van der Waals surface area (Å²) in [6.45, 7) is 2.14. The van der Waals surface area contributed by atoms with Crippen molar-refractivity contribution in [3.63, 3.8) is 0 Å². The third-order valence-electron chi connectivity index (χ3n) is 2.73. The van der Waals surface area contributed by atoms with Crippen LogP contribution in [0.2, 0.25) is 5.02 Å². The Labute approximate surface area is 147 Å². The van der Waals surface area contributed by atoms with Crippen LogP contribution in [-0.2, 0) is 16.1 Å². The molecular weight excluding hydrogens is 356 g/mol. The summed E-state index contributed by atoms with van der Waals surface area (Å²) in [6, 6.07) is 7.36. The minimum absolute atomic E-state index is 0.116. The van der Waals surface area contributed by atoms with Gasteiger partial charge in [0.05, 0.1) is 5.75 Å². The fourth-order valence-electron chi connectivity index (χ4n) is 1.54. The highest BCUT2D eigenvalue weighted by molar-refractivity contribution is 8.01. The second-order valence-electron chi connectivity index (χ2n) is 4.43. The number of carbonyl (C=O) groups excluding carboxylic acids is 2. The van der Waals surface area contributed by atoms with Crippen LogP contribution >= 0.6 is 34.7 Å². The standard InChI is InChI=1S/C14H15ClN4O2S2/c1-2-11(20)17-13-18-19-14(23-13)22-8-12(21)16-7-9-5-3-4-6-10(9)15/h3-6H,2,7-8H2,1H3,(H,16,21)(H,17,18,20). The fourth-order valence-corrected chi connectivity index (χ4v) is 3.34. The van der Waals surface area contributed by atoms with Crippen molar-refractivity contribution >= 4 is 51.6 Å². The molecule has 2 aromatic rings. The van der Waals surface area contributed by atoms with Gasteiger partial charge >= 0.3 is 0 Å². The topological polar surface area (TPSA) is 84.0 Å². The van der Waals surface area contributed by atoms with Crippen molar-refractivity contribution in [1.29, 1.82) is 0 Å². The first-order valence-corrected chi connectivity index (χ1v) is 9.02. The highest BCUT2D eigenvalue weighted by Crippen LogP contribution is 2.25. The summed E-state index contributed by atoms with van der Waals surface area (Å²) in [5.41, 5.74) is 0.869. The zero-order valence-electron chi connectivity index (χ0n) is 12.3. The Bertz CT molecular complexity index is 693. The molecule has 0 saturated heterocycles. The van der Waals surface area contributed by atoms with Crippen LogP contribution in [0.5, 0.6) is 0 Å². The molecule has 1 heterocycles. The number of hydrogen-bond donors (Lipinski definition) is 2. The van der Waals surface area contributed by atoms with Crippen molar-refractivity contribution in [2.24, 2.45) is 0 Å². The Balaban J connectivity index is 1.76. The number of rotatable bonds is 7. The molecule has 0 saturated carbocycles. The second kappa shape index (κ2) is 8.85. The molecule has 0 aliphatic heterocycles. The number of benzene rings is 1. The maximum Gasteiger partial charge on any atom is 0.230 e. The third kappa shape index (κ3) is 5.81. The number of aromatic nitrogens is 2. The smallest absolute Gasteiger partial charge is 0.230 e. The molecule has 0 aliphatic rings. The zero-order chi connectivity index (χ0) is 16.7. The molecule has 1 aromatic heterocycles. The molecule has 2 amide bonds. The van der Waals surface area contributed by atoms with Gasteiger partial charge in [-0.3, -0.25) is 9.59 Å².